The third-order valence-corrected chi connectivity index (χ3v) is 5.49. The van der Waals surface area contributed by atoms with E-state index in [0.29, 0.717) is 23.5 Å². The van der Waals surface area contributed by atoms with E-state index in [1.807, 2.05) is 30.3 Å². The van der Waals surface area contributed by atoms with Crippen molar-refractivity contribution in [1.29, 1.82) is 0 Å². The third-order valence-electron chi connectivity index (χ3n) is 5.49. The smallest absolute Gasteiger partial charge is 0.298 e. The second kappa shape index (κ2) is 7.62. The molecule has 0 aliphatic carbocycles. The summed E-state index contributed by atoms with van der Waals surface area (Å²) in [5, 5.41) is 3.45. The third kappa shape index (κ3) is 3.41. The number of nitrogens with one attached hydrogen (secondary N) is 1. The van der Waals surface area contributed by atoms with Gasteiger partial charge in [0.2, 0.25) is 5.91 Å². The molecular weight excluding hydrogens is 382 g/mol. The second-order valence-electron chi connectivity index (χ2n) is 7.45. The molecule has 1 fully saturated rings. The Labute approximate surface area is 172 Å². The molecule has 152 valence electrons. The van der Waals surface area contributed by atoms with Crippen molar-refractivity contribution >= 4 is 33.9 Å². The molecule has 2 aromatic heterocycles. The van der Waals surface area contributed by atoms with Crippen molar-refractivity contribution in [2.75, 3.05) is 18.0 Å². The summed E-state index contributed by atoms with van der Waals surface area (Å²) in [6.07, 6.45) is 3.37. The zero-order valence-corrected chi connectivity index (χ0v) is 16.3. The number of nitrogens with zero attached hydrogens (tertiary/aromatic N) is 4. The number of para-hydroxylation sites is 3. The number of fused-ring (bicyclic) bond motifs is 2. The molecule has 8 nitrogen and oxygen atoms in total. The molecule has 5 rings (SSSR count). The largest absolute Gasteiger partial charge is 0.423 e. The van der Waals surface area contributed by atoms with Gasteiger partial charge in [0.25, 0.3) is 11.6 Å². The summed E-state index contributed by atoms with van der Waals surface area (Å²) >= 11 is 0. The Bertz CT molecular complexity index is 1250. The highest BCUT2D eigenvalue weighted by molar-refractivity contribution is 5.79. The molecular formula is C22H21N5O3. The lowest BCUT2D eigenvalue weighted by Gasteiger charge is -2.23. The first-order valence-corrected chi connectivity index (χ1v) is 10.0. The minimum atomic E-state index is -0.224. The van der Waals surface area contributed by atoms with Crippen molar-refractivity contribution < 1.29 is 9.21 Å². The number of carbonyl (C=O) groups excluding carboxylic acids is 1. The Balaban J connectivity index is 1.26. The van der Waals surface area contributed by atoms with E-state index < -0.39 is 0 Å². The number of benzene rings is 2. The van der Waals surface area contributed by atoms with Gasteiger partial charge in [0.05, 0.1) is 23.3 Å². The van der Waals surface area contributed by atoms with Gasteiger partial charge in [-0.25, -0.2) is 4.98 Å². The fraction of sp³-hybridized carbons (Fsp3) is 0.273. The van der Waals surface area contributed by atoms with Crippen LogP contribution in [0.3, 0.4) is 0 Å². The minimum absolute atomic E-state index is 0.0632. The lowest BCUT2D eigenvalue weighted by atomic mass is 10.2. The van der Waals surface area contributed by atoms with Crippen molar-refractivity contribution in [3.8, 4) is 0 Å². The maximum Gasteiger partial charge on any atom is 0.298 e. The molecule has 30 heavy (non-hydrogen) atoms. The number of aromatic nitrogens is 3. The van der Waals surface area contributed by atoms with Crippen LogP contribution >= 0.6 is 0 Å². The van der Waals surface area contributed by atoms with Crippen molar-refractivity contribution in [3.63, 3.8) is 0 Å². The predicted molar refractivity (Wildman–Crippen MR) is 113 cm³/mol. The highest BCUT2D eigenvalue weighted by Gasteiger charge is 2.28. The minimum Gasteiger partial charge on any atom is -0.423 e. The maximum atomic E-state index is 12.6. The van der Waals surface area contributed by atoms with Crippen molar-refractivity contribution in [1.82, 2.24) is 19.9 Å². The van der Waals surface area contributed by atoms with E-state index in [2.05, 4.69) is 20.2 Å². The van der Waals surface area contributed by atoms with Gasteiger partial charge in [-0.1, -0.05) is 24.3 Å². The first-order valence-electron chi connectivity index (χ1n) is 10.0. The van der Waals surface area contributed by atoms with Crippen LogP contribution in [-0.4, -0.2) is 39.6 Å². The number of hydrogen-bond acceptors (Lipinski definition) is 6. The van der Waals surface area contributed by atoms with E-state index in [1.54, 1.807) is 18.2 Å². The number of carbonyl (C=O) groups is 1. The molecule has 2 aromatic carbocycles. The lowest BCUT2D eigenvalue weighted by Crippen LogP contribution is -2.42. The van der Waals surface area contributed by atoms with E-state index in [-0.39, 0.29) is 24.1 Å². The van der Waals surface area contributed by atoms with Crippen LogP contribution in [0, 0.1) is 0 Å². The van der Waals surface area contributed by atoms with E-state index in [0.717, 1.165) is 30.5 Å². The Morgan fingerprint density at radius 2 is 1.93 bits per heavy atom. The molecule has 0 spiro atoms. The van der Waals surface area contributed by atoms with E-state index in [9.17, 15) is 9.59 Å². The highest BCUT2D eigenvalue weighted by Crippen LogP contribution is 2.27. The normalized spacial score (nSPS) is 16.4. The molecule has 0 saturated carbocycles. The first kappa shape index (κ1) is 18.4. The molecule has 4 aromatic rings. The Hall–Kier alpha value is -3.68. The SMILES string of the molecule is O=C(Cn1cnc2ccccc2c1=O)NC[C@H]1CCCN1c1nc2ccccc2o1. The Morgan fingerprint density at radius 3 is 2.80 bits per heavy atom. The van der Waals surface area contributed by atoms with Crippen LogP contribution in [0.2, 0.25) is 0 Å². The molecule has 0 radical (unpaired) electrons. The summed E-state index contributed by atoms with van der Waals surface area (Å²) < 4.78 is 7.23. The van der Waals surface area contributed by atoms with Gasteiger partial charge >= 0.3 is 0 Å². The molecule has 1 atom stereocenters. The van der Waals surface area contributed by atoms with Crippen LogP contribution in [0.25, 0.3) is 22.0 Å². The van der Waals surface area contributed by atoms with Gasteiger partial charge in [0, 0.05) is 13.1 Å². The summed E-state index contributed by atoms with van der Waals surface area (Å²) in [4.78, 5) is 36.0. The highest BCUT2D eigenvalue weighted by atomic mass is 16.4. The first-order chi connectivity index (χ1) is 14.7. The van der Waals surface area contributed by atoms with Crippen LogP contribution in [0.5, 0.6) is 0 Å². The summed E-state index contributed by atoms with van der Waals surface area (Å²) in [6, 6.07) is 15.5. The zero-order valence-electron chi connectivity index (χ0n) is 16.3. The van der Waals surface area contributed by atoms with Gasteiger partial charge in [-0.3, -0.25) is 14.2 Å². The van der Waals surface area contributed by atoms with Gasteiger partial charge in [0.1, 0.15) is 12.1 Å². The fourth-order valence-corrected chi connectivity index (χ4v) is 3.94. The van der Waals surface area contributed by atoms with Crippen molar-refractivity contribution in [2.24, 2.45) is 0 Å². The molecule has 0 bridgehead atoms. The maximum absolute atomic E-state index is 12.6. The van der Waals surface area contributed by atoms with E-state index >= 15 is 0 Å². The summed E-state index contributed by atoms with van der Waals surface area (Å²) in [5.41, 5.74) is 1.99. The van der Waals surface area contributed by atoms with Crippen molar-refractivity contribution in [2.45, 2.75) is 25.4 Å². The Morgan fingerprint density at radius 1 is 1.13 bits per heavy atom. The van der Waals surface area contributed by atoms with Gasteiger partial charge in [0.15, 0.2) is 5.58 Å². The molecule has 1 aliphatic rings. The predicted octanol–water partition coefficient (Wildman–Crippen LogP) is 2.32. The van der Waals surface area contributed by atoms with Crippen LogP contribution in [0.4, 0.5) is 6.01 Å². The average molecular weight is 403 g/mol. The number of hydrogen-bond donors (Lipinski definition) is 1. The molecule has 1 aliphatic heterocycles. The number of amides is 1. The van der Waals surface area contributed by atoms with Crippen LogP contribution in [-0.2, 0) is 11.3 Å². The zero-order chi connectivity index (χ0) is 20.5. The summed E-state index contributed by atoms with van der Waals surface area (Å²) in [6.45, 7) is 1.24. The number of oxazole rings is 1. The molecule has 1 N–H and O–H groups in total. The van der Waals surface area contributed by atoms with Crippen LogP contribution in [0.1, 0.15) is 12.8 Å². The number of rotatable bonds is 5. The van der Waals surface area contributed by atoms with Crippen LogP contribution in [0.15, 0.2) is 64.1 Å². The van der Waals surface area contributed by atoms with E-state index in [4.69, 9.17) is 4.42 Å². The van der Waals surface area contributed by atoms with Gasteiger partial charge in [-0.15, -0.1) is 0 Å². The lowest BCUT2D eigenvalue weighted by molar-refractivity contribution is -0.121. The molecule has 0 unspecified atom stereocenters. The summed E-state index contributed by atoms with van der Waals surface area (Å²) in [5.74, 6) is -0.224. The van der Waals surface area contributed by atoms with Gasteiger partial charge < -0.3 is 14.6 Å². The summed E-state index contributed by atoms with van der Waals surface area (Å²) in [7, 11) is 0. The number of anilines is 1. The quantitative estimate of drug-likeness (QED) is 0.550. The fourth-order valence-electron chi connectivity index (χ4n) is 3.94. The molecule has 3 heterocycles. The topological polar surface area (TPSA) is 93.3 Å². The monoisotopic (exact) mass is 403 g/mol. The average Bonchev–Trinajstić information content (AvgIpc) is 3.41. The van der Waals surface area contributed by atoms with Gasteiger partial charge in [-0.2, -0.15) is 4.98 Å². The van der Waals surface area contributed by atoms with Crippen LogP contribution < -0.4 is 15.8 Å². The van der Waals surface area contributed by atoms with Gasteiger partial charge in [-0.05, 0) is 37.1 Å². The van der Waals surface area contributed by atoms with Crippen molar-refractivity contribution in [3.05, 3.63) is 65.2 Å². The second-order valence-corrected chi connectivity index (χ2v) is 7.45. The molecule has 8 heteroatoms. The molecule has 1 saturated heterocycles. The standard InChI is InChI=1S/C22H21N5O3/c28-20(13-26-14-24-17-8-2-1-7-16(17)21(26)29)23-12-15-6-5-11-27(15)22-25-18-9-3-4-10-19(18)30-22/h1-4,7-10,14-15H,5-6,11-13H2,(H,23,28)/t15-/m1/s1. The molecule has 1 amide bonds. The van der Waals surface area contributed by atoms with E-state index in [1.165, 1.54) is 10.9 Å². The Kier molecular flexibility index (Phi) is 4.66.